The summed E-state index contributed by atoms with van der Waals surface area (Å²) in [6.45, 7) is 2.80. The maximum Gasteiger partial charge on any atom is 0.273 e. The average Bonchev–Trinajstić information content (AvgIpc) is 2.89. The Hall–Kier alpha value is -3.23. The van der Waals surface area contributed by atoms with Crippen molar-refractivity contribution in [3.8, 4) is 0 Å². The molecule has 0 saturated carbocycles. The lowest BCUT2D eigenvalue weighted by molar-refractivity contribution is 0.0995. The highest BCUT2D eigenvalue weighted by atomic mass is 16.1. The Bertz CT molecular complexity index is 856. The molecule has 0 spiro atoms. The number of nitrogens with zero attached hydrogens (tertiary/aromatic N) is 5. The van der Waals surface area contributed by atoms with Gasteiger partial charge in [0, 0.05) is 23.8 Å². The Morgan fingerprint density at radius 3 is 2.91 bits per heavy atom. The van der Waals surface area contributed by atoms with Crippen LogP contribution in [-0.2, 0) is 6.54 Å². The van der Waals surface area contributed by atoms with E-state index in [9.17, 15) is 4.79 Å². The van der Waals surface area contributed by atoms with Crippen LogP contribution in [0.5, 0.6) is 0 Å². The second kappa shape index (κ2) is 5.28. The van der Waals surface area contributed by atoms with Crippen molar-refractivity contribution in [3.05, 3.63) is 30.1 Å². The van der Waals surface area contributed by atoms with Gasteiger partial charge >= 0.3 is 0 Å². The van der Waals surface area contributed by atoms with Gasteiger partial charge in [-0.1, -0.05) is 0 Å². The van der Waals surface area contributed by atoms with E-state index in [1.165, 1.54) is 0 Å². The van der Waals surface area contributed by atoms with Crippen LogP contribution in [0, 0.1) is 0 Å². The van der Waals surface area contributed by atoms with Crippen LogP contribution >= 0.6 is 0 Å². The highest BCUT2D eigenvalue weighted by Crippen LogP contribution is 2.22. The van der Waals surface area contributed by atoms with Gasteiger partial charge in [0.1, 0.15) is 0 Å². The number of fused-ring (bicyclic) bond motifs is 1. The van der Waals surface area contributed by atoms with Crippen molar-refractivity contribution in [1.29, 1.82) is 0 Å². The molecule has 1 amide bonds. The van der Waals surface area contributed by atoms with Crippen molar-refractivity contribution in [2.45, 2.75) is 13.5 Å². The van der Waals surface area contributed by atoms with Gasteiger partial charge in [-0.25, -0.2) is 0 Å². The number of benzene rings is 1. The SMILES string of the molecule is CCn1cc2ccc(Nc3nc(N)nnc3C(N)=O)cc2n1. The number of hydrogen-bond acceptors (Lipinski definition) is 7. The molecular formula is C13H14N8O. The fraction of sp³-hybridized carbons (Fsp3) is 0.154. The zero-order valence-electron chi connectivity index (χ0n) is 11.8. The number of nitrogens with two attached hydrogens (primary N) is 2. The van der Waals surface area contributed by atoms with Crippen LogP contribution in [0.25, 0.3) is 10.9 Å². The van der Waals surface area contributed by atoms with Crippen LogP contribution in [0.2, 0.25) is 0 Å². The third kappa shape index (κ3) is 2.51. The first-order valence-corrected chi connectivity index (χ1v) is 6.61. The molecule has 3 rings (SSSR count). The van der Waals surface area contributed by atoms with Crippen molar-refractivity contribution in [2.24, 2.45) is 5.73 Å². The predicted molar refractivity (Wildman–Crippen MR) is 81.4 cm³/mol. The van der Waals surface area contributed by atoms with Gasteiger partial charge in [0.2, 0.25) is 5.95 Å². The molecule has 0 radical (unpaired) electrons. The minimum atomic E-state index is -0.737. The highest BCUT2D eigenvalue weighted by molar-refractivity contribution is 5.96. The van der Waals surface area contributed by atoms with Gasteiger partial charge in [0.25, 0.3) is 5.91 Å². The summed E-state index contributed by atoms with van der Waals surface area (Å²) in [6, 6.07) is 5.59. The Morgan fingerprint density at radius 2 is 2.18 bits per heavy atom. The first-order chi connectivity index (χ1) is 10.6. The Kier molecular flexibility index (Phi) is 3.30. The molecule has 1 aromatic carbocycles. The van der Waals surface area contributed by atoms with Crippen molar-refractivity contribution in [2.75, 3.05) is 11.1 Å². The molecule has 0 fully saturated rings. The molecular weight excluding hydrogens is 284 g/mol. The average molecular weight is 298 g/mol. The largest absolute Gasteiger partial charge is 0.366 e. The van der Waals surface area contributed by atoms with E-state index in [-0.39, 0.29) is 17.5 Å². The van der Waals surface area contributed by atoms with Crippen LogP contribution in [-0.4, -0.2) is 30.9 Å². The van der Waals surface area contributed by atoms with Crippen LogP contribution in [0.1, 0.15) is 17.4 Å². The Balaban J connectivity index is 1.99. The number of carbonyl (C=O) groups is 1. The van der Waals surface area contributed by atoms with E-state index in [4.69, 9.17) is 11.5 Å². The maximum absolute atomic E-state index is 11.4. The van der Waals surface area contributed by atoms with E-state index in [0.29, 0.717) is 5.69 Å². The van der Waals surface area contributed by atoms with E-state index in [0.717, 1.165) is 17.4 Å². The molecule has 0 atom stereocenters. The lowest BCUT2D eigenvalue weighted by Gasteiger charge is -2.08. The fourth-order valence-electron chi connectivity index (χ4n) is 2.04. The van der Waals surface area contributed by atoms with Gasteiger partial charge in [0.15, 0.2) is 11.5 Å². The zero-order valence-corrected chi connectivity index (χ0v) is 11.8. The second-order valence-corrected chi connectivity index (χ2v) is 4.61. The number of anilines is 3. The summed E-state index contributed by atoms with van der Waals surface area (Å²) in [7, 11) is 0. The van der Waals surface area contributed by atoms with Gasteiger partial charge in [0.05, 0.1) is 5.52 Å². The van der Waals surface area contributed by atoms with Crippen molar-refractivity contribution >= 4 is 34.3 Å². The van der Waals surface area contributed by atoms with E-state index in [1.807, 2.05) is 36.0 Å². The Labute approximate surface area is 125 Å². The lowest BCUT2D eigenvalue weighted by atomic mass is 10.2. The molecule has 112 valence electrons. The summed E-state index contributed by atoms with van der Waals surface area (Å²) in [5.41, 5.74) is 12.2. The molecule has 0 unspecified atom stereocenters. The number of primary amides is 1. The molecule has 3 aromatic rings. The van der Waals surface area contributed by atoms with Crippen LogP contribution in [0.3, 0.4) is 0 Å². The molecule has 0 aliphatic heterocycles. The number of rotatable bonds is 4. The monoisotopic (exact) mass is 298 g/mol. The van der Waals surface area contributed by atoms with Gasteiger partial charge in [-0.3, -0.25) is 9.48 Å². The van der Waals surface area contributed by atoms with Crippen molar-refractivity contribution in [1.82, 2.24) is 25.0 Å². The first kappa shape index (κ1) is 13.7. The first-order valence-electron chi connectivity index (χ1n) is 6.61. The van der Waals surface area contributed by atoms with Gasteiger partial charge in [-0.2, -0.15) is 10.1 Å². The van der Waals surface area contributed by atoms with Gasteiger partial charge in [-0.15, -0.1) is 10.2 Å². The third-order valence-corrected chi connectivity index (χ3v) is 3.08. The summed E-state index contributed by atoms with van der Waals surface area (Å²) in [5, 5.41) is 15.6. The second-order valence-electron chi connectivity index (χ2n) is 4.61. The molecule has 5 N–H and O–H groups in total. The predicted octanol–water partition coefficient (Wildman–Crippen LogP) is 0.666. The lowest BCUT2D eigenvalue weighted by Crippen LogP contribution is -2.18. The van der Waals surface area contributed by atoms with Crippen LogP contribution in [0.15, 0.2) is 24.4 Å². The number of aromatic nitrogens is 5. The fourth-order valence-corrected chi connectivity index (χ4v) is 2.04. The molecule has 0 aliphatic carbocycles. The minimum Gasteiger partial charge on any atom is -0.366 e. The highest BCUT2D eigenvalue weighted by Gasteiger charge is 2.14. The molecule has 0 aliphatic rings. The molecule has 2 aromatic heterocycles. The number of amides is 1. The van der Waals surface area contributed by atoms with E-state index in [2.05, 4.69) is 25.6 Å². The van der Waals surface area contributed by atoms with Crippen LogP contribution in [0.4, 0.5) is 17.5 Å². The number of aryl methyl sites for hydroxylation is 1. The summed E-state index contributed by atoms with van der Waals surface area (Å²) in [6.07, 6.45) is 1.96. The van der Waals surface area contributed by atoms with Gasteiger partial charge < -0.3 is 16.8 Å². The van der Waals surface area contributed by atoms with E-state index in [1.54, 1.807) is 0 Å². The maximum atomic E-state index is 11.4. The number of carbonyl (C=O) groups excluding carboxylic acids is 1. The standard InChI is InChI=1S/C13H14N8O/c1-2-21-6-7-3-4-8(5-9(7)20-21)16-12-10(11(14)22)18-19-13(15)17-12/h3-6H,2H2,1H3,(H2,14,22)(H3,15,16,17,19). The molecule has 0 saturated heterocycles. The summed E-state index contributed by atoms with van der Waals surface area (Å²) < 4.78 is 1.84. The molecule has 9 heteroatoms. The van der Waals surface area contributed by atoms with Crippen LogP contribution < -0.4 is 16.8 Å². The molecule has 9 nitrogen and oxygen atoms in total. The normalized spacial score (nSPS) is 10.8. The minimum absolute atomic E-state index is 0.0520. The third-order valence-electron chi connectivity index (χ3n) is 3.08. The molecule has 2 heterocycles. The van der Waals surface area contributed by atoms with Gasteiger partial charge in [-0.05, 0) is 25.1 Å². The zero-order chi connectivity index (χ0) is 15.7. The number of nitrogen functional groups attached to an aromatic ring is 1. The topological polar surface area (TPSA) is 138 Å². The quantitative estimate of drug-likeness (QED) is 0.643. The number of hydrogen-bond donors (Lipinski definition) is 3. The van der Waals surface area contributed by atoms with E-state index >= 15 is 0 Å². The number of nitrogens with one attached hydrogen (secondary N) is 1. The summed E-state index contributed by atoms with van der Waals surface area (Å²) >= 11 is 0. The van der Waals surface area contributed by atoms with E-state index < -0.39 is 5.91 Å². The van der Waals surface area contributed by atoms with Crippen molar-refractivity contribution < 1.29 is 4.79 Å². The summed E-state index contributed by atoms with van der Waals surface area (Å²) in [4.78, 5) is 15.3. The smallest absolute Gasteiger partial charge is 0.273 e. The molecule has 22 heavy (non-hydrogen) atoms. The summed E-state index contributed by atoms with van der Waals surface area (Å²) in [5.74, 6) is -0.628. The Morgan fingerprint density at radius 1 is 1.36 bits per heavy atom. The molecule has 0 bridgehead atoms. The van der Waals surface area contributed by atoms with Crippen molar-refractivity contribution in [3.63, 3.8) is 0 Å².